The molecule has 1 fully saturated rings. The molecule has 6 nitrogen and oxygen atoms in total. The van der Waals surface area contributed by atoms with Crippen LogP contribution in [0.2, 0.25) is 0 Å². The minimum Gasteiger partial charge on any atom is -0.355 e. The van der Waals surface area contributed by atoms with Crippen LogP contribution in [0.5, 0.6) is 0 Å². The first-order chi connectivity index (χ1) is 12.0. The molecule has 1 aliphatic heterocycles. The molecular weight excluding hydrogens is 326 g/mol. The van der Waals surface area contributed by atoms with Gasteiger partial charge >= 0.3 is 0 Å². The Morgan fingerprint density at radius 2 is 1.92 bits per heavy atom. The topological polar surface area (TPSA) is 48.4 Å². The molecule has 0 radical (unpaired) electrons. The van der Waals surface area contributed by atoms with E-state index in [2.05, 4.69) is 24.8 Å². The number of nitrogens with zero attached hydrogens (tertiary/aromatic N) is 6. The van der Waals surface area contributed by atoms with Crippen LogP contribution in [-0.2, 0) is 6.54 Å². The van der Waals surface area contributed by atoms with E-state index in [4.69, 9.17) is 0 Å². The van der Waals surface area contributed by atoms with Crippen molar-refractivity contribution < 1.29 is 8.78 Å². The zero-order valence-electron chi connectivity index (χ0n) is 14.7. The molecule has 0 N–H and O–H groups in total. The second-order valence-corrected chi connectivity index (χ2v) is 6.48. The summed E-state index contributed by atoms with van der Waals surface area (Å²) in [5, 5.41) is 0. The minimum absolute atomic E-state index is 0.0789. The van der Waals surface area contributed by atoms with Gasteiger partial charge in [0.15, 0.2) is 0 Å². The van der Waals surface area contributed by atoms with Crippen molar-refractivity contribution in [1.82, 2.24) is 19.9 Å². The van der Waals surface area contributed by atoms with Crippen LogP contribution >= 0.6 is 0 Å². The third-order valence-electron chi connectivity index (χ3n) is 4.52. The Hall–Kier alpha value is -2.35. The van der Waals surface area contributed by atoms with E-state index in [0.29, 0.717) is 5.95 Å². The van der Waals surface area contributed by atoms with Crippen LogP contribution in [-0.4, -0.2) is 60.1 Å². The van der Waals surface area contributed by atoms with Gasteiger partial charge in [-0.3, -0.25) is 9.88 Å². The molecule has 25 heavy (non-hydrogen) atoms. The molecule has 8 heteroatoms. The molecule has 134 valence electrons. The van der Waals surface area contributed by atoms with Crippen molar-refractivity contribution >= 4 is 11.8 Å². The van der Waals surface area contributed by atoms with Gasteiger partial charge in [0.05, 0.1) is 12.4 Å². The SMILES string of the molecule is CN(C)c1nccc(N(C)C2CCN(Cc3c(F)cncc3F)C2)n1. The summed E-state index contributed by atoms with van der Waals surface area (Å²) in [5.41, 5.74) is 0.0789. The van der Waals surface area contributed by atoms with E-state index < -0.39 is 11.6 Å². The number of hydrogen-bond acceptors (Lipinski definition) is 6. The normalized spacial score (nSPS) is 17.7. The molecule has 1 unspecified atom stereocenters. The molecule has 0 amide bonds. The summed E-state index contributed by atoms with van der Waals surface area (Å²) in [4.78, 5) is 18.3. The molecule has 0 saturated carbocycles. The van der Waals surface area contributed by atoms with E-state index in [-0.39, 0.29) is 18.2 Å². The maximum absolute atomic E-state index is 13.8. The van der Waals surface area contributed by atoms with Crippen molar-refractivity contribution in [1.29, 1.82) is 0 Å². The van der Waals surface area contributed by atoms with E-state index in [1.165, 1.54) is 0 Å². The van der Waals surface area contributed by atoms with Gasteiger partial charge in [-0.05, 0) is 12.5 Å². The predicted molar refractivity (Wildman–Crippen MR) is 92.6 cm³/mol. The number of halogens is 2. The summed E-state index contributed by atoms with van der Waals surface area (Å²) in [5.74, 6) is 0.304. The maximum Gasteiger partial charge on any atom is 0.226 e. The highest BCUT2D eigenvalue weighted by Gasteiger charge is 2.28. The van der Waals surface area contributed by atoms with Gasteiger partial charge in [0.1, 0.15) is 17.5 Å². The van der Waals surface area contributed by atoms with E-state index in [1.807, 2.05) is 32.1 Å². The molecule has 0 bridgehead atoms. The molecule has 2 aromatic heterocycles. The molecule has 3 heterocycles. The smallest absolute Gasteiger partial charge is 0.226 e. The zero-order chi connectivity index (χ0) is 18.0. The largest absolute Gasteiger partial charge is 0.355 e. The lowest BCUT2D eigenvalue weighted by atomic mass is 10.2. The molecule has 0 spiro atoms. The highest BCUT2D eigenvalue weighted by molar-refractivity contribution is 5.43. The first-order valence-electron chi connectivity index (χ1n) is 8.19. The van der Waals surface area contributed by atoms with Crippen LogP contribution in [0.15, 0.2) is 24.7 Å². The summed E-state index contributed by atoms with van der Waals surface area (Å²) < 4.78 is 27.6. The Bertz CT molecular complexity index is 719. The van der Waals surface area contributed by atoms with E-state index in [0.717, 1.165) is 37.7 Å². The molecule has 1 atom stereocenters. The second kappa shape index (κ2) is 7.26. The maximum atomic E-state index is 13.8. The lowest BCUT2D eigenvalue weighted by molar-refractivity contribution is 0.313. The third kappa shape index (κ3) is 3.84. The van der Waals surface area contributed by atoms with Crippen LogP contribution in [0.3, 0.4) is 0 Å². The van der Waals surface area contributed by atoms with Crippen LogP contribution in [0.25, 0.3) is 0 Å². The van der Waals surface area contributed by atoms with Crippen molar-refractivity contribution in [3.8, 4) is 0 Å². The van der Waals surface area contributed by atoms with Crippen molar-refractivity contribution in [3.63, 3.8) is 0 Å². The van der Waals surface area contributed by atoms with E-state index >= 15 is 0 Å². The number of anilines is 2. The number of pyridine rings is 1. The molecule has 0 aromatic carbocycles. The second-order valence-electron chi connectivity index (χ2n) is 6.48. The number of likely N-dealkylation sites (N-methyl/N-ethyl adjacent to an activating group) is 1. The Morgan fingerprint density at radius 3 is 2.60 bits per heavy atom. The lowest BCUT2D eigenvalue weighted by Gasteiger charge is -2.26. The molecule has 1 aliphatic rings. The van der Waals surface area contributed by atoms with Gasteiger partial charge in [0, 0.05) is 58.6 Å². The zero-order valence-corrected chi connectivity index (χ0v) is 14.7. The Morgan fingerprint density at radius 1 is 1.20 bits per heavy atom. The Balaban J connectivity index is 1.67. The Kier molecular flexibility index (Phi) is 5.08. The van der Waals surface area contributed by atoms with Crippen molar-refractivity contribution in [3.05, 3.63) is 41.9 Å². The third-order valence-corrected chi connectivity index (χ3v) is 4.52. The predicted octanol–water partition coefficient (Wildman–Crippen LogP) is 1.93. The van der Waals surface area contributed by atoms with Crippen molar-refractivity contribution in [2.75, 3.05) is 44.0 Å². The first kappa shape index (κ1) is 17.5. The van der Waals surface area contributed by atoms with Crippen LogP contribution in [0, 0.1) is 11.6 Å². The average molecular weight is 348 g/mol. The van der Waals surface area contributed by atoms with Gasteiger partial charge in [-0.1, -0.05) is 0 Å². The lowest BCUT2D eigenvalue weighted by Crippen LogP contribution is -2.35. The van der Waals surface area contributed by atoms with Gasteiger partial charge in [-0.2, -0.15) is 4.98 Å². The van der Waals surface area contributed by atoms with Gasteiger partial charge in [0.2, 0.25) is 5.95 Å². The average Bonchev–Trinajstić information content (AvgIpc) is 3.06. The summed E-state index contributed by atoms with van der Waals surface area (Å²) in [6.45, 7) is 1.75. The van der Waals surface area contributed by atoms with Gasteiger partial charge < -0.3 is 9.80 Å². The van der Waals surface area contributed by atoms with Gasteiger partial charge in [-0.25, -0.2) is 13.8 Å². The highest BCUT2D eigenvalue weighted by Crippen LogP contribution is 2.23. The first-order valence-corrected chi connectivity index (χ1v) is 8.19. The highest BCUT2D eigenvalue weighted by atomic mass is 19.1. The van der Waals surface area contributed by atoms with E-state index in [1.54, 1.807) is 6.20 Å². The summed E-state index contributed by atoms with van der Waals surface area (Å²) >= 11 is 0. The molecule has 0 aliphatic carbocycles. The number of rotatable bonds is 5. The Labute approximate surface area is 146 Å². The van der Waals surface area contributed by atoms with Crippen LogP contribution in [0.4, 0.5) is 20.5 Å². The summed E-state index contributed by atoms with van der Waals surface area (Å²) in [6.07, 6.45) is 4.76. The fourth-order valence-corrected chi connectivity index (χ4v) is 3.02. The van der Waals surface area contributed by atoms with Gasteiger partial charge in [-0.15, -0.1) is 0 Å². The van der Waals surface area contributed by atoms with Gasteiger partial charge in [0.25, 0.3) is 0 Å². The summed E-state index contributed by atoms with van der Waals surface area (Å²) in [7, 11) is 5.78. The molecule has 3 rings (SSSR count). The molecule has 2 aromatic rings. The molecule has 1 saturated heterocycles. The van der Waals surface area contributed by atoms with E-state index in [9.17, 15) is 8.78 Å². The van der Waals surface area contributed by atoms with Crippen molar-refractivity contribution in [2.45, 2.75) is 19.0 Å². The quantitative estimate of drug-likeness (QED) is 0.823. The number of aromatic nitrogens is 3. The van der Waals surface area contributed by atoms with Crippen LogP contribution < -0.4 is 9.80 Å². The number of likely N-dealkylation sites (tertiary alicyclic amines) is 1. The minimum atomic E-state index is -0.594. The monoisotopic (exact) mass is 348 g/mol. The fourth-order valence-electron chi connectivity index (χ4n) is 3.02. The van der Waals surface area contributed by atoms with Crippen molar-refractivity contribution in [2.24, 2.45) is 0 Å². The summed E-state index contributed by atoms with van der Waals surface area (Å²) in [6, 6.07) is 2.11. The fraction of sp³-hybridized carbons (Fsp3) is 0.471. The van der Waals surface area contributed by atoms with Crippen LogP contribution in [0.1, 0.15) is 12.0 Å². The molecular formula is C17H22F2N6. The standard InChI is InChI=1S/C17H22F2N6/c1-23(2)17-21-6-4-16(22-17)24(3)12-5-7-25(10-12)11-13-14(18)8-20-9-15(13)19/h4,6,8-9,12H,5,7,10-11H2,1-3H3. The number of hydrogen-bond donors (Lipinski definition) is 0.